The summed E-state index contributed by atoms with van der Waals surface area (Å²) < 4.78 is 5.76. The molecule has 0 saturated carbocycles. The van der Waals surface area contributed by atoms with Gasteiger partial charge in [-0.2, -0.15) is 0 Å². The fourth-order valence-electron chi connectivity index (χ4n) is 4.53. The molecular weight excluding hydrogens is 424 g/mol. The first kappa shape index (κ1) is 24.5. The summed E-state index contributed by atoms with van der Waals surface area (Å²) in [6.07, 6.45) is 6.30. The summed E-state index contributed by atoms with van der Waals surface area (Å²) in [6.45, 7) is 7.27. The average molecular weight is 457 g/mol. The maximum atomic E-state index is 13.7. The lowest BCUT2D eigenvalue weighted by atomic mass is 9.70. The molecule has 1 atom stereocenters. The summed E-state index contributed by atoms with van der Waals surface area (Å²) in [4.78, 5) is 38.8. The van der Waals surface area contributed by atoms with Gasteiger partial charge in [0.2, 0.25) is 0 Å². The quantitative estimate of drug-likeness (QED) is 0.192. The van der Waals surface area contributed by atoms with Crippen molar-refractivity contribution in [2.24, 2.45) is 5.73 Å². The Morgan fingerprint density at radius 1 is 1.09 bits per heavy atom. The van der Waals surface area contributed by atoms with Crippen LogP contribution in [0, 0.1) is 6.92 Å². The minimum absolute atomic E-state index is 0.00432. The number of ether oxygens (including phenoxy) is 1. The Morgan fingerprint density at radius 3 is 2.36 bits per heavy atom. The van der Waals surface area contributed by atoms with E-state index in [0.29, 0.717) is 18.8 Å². The van der Waals surface area contributed by atoms with E-state index in [1.807, 2.05) is 0 Å². The van der Waals surface area contributed by atoms with E-state index in [9.17, 15) is 24.6 Å². The molecule has 8 nitrogen and oxygen atoms in total. The van der Waals surface area contributed by atoms with Crippen LogP contribution in [-0.4, -0.2) is 40.7 Å². The number of phenols is 2. The van der Waals surface area contributed by atoms with Crippen LogP contribution < -0.4 is 15.8 Å². The highest BCUT2D eigenvalue weighted by Crippen LogP contribution is 2.57. The van der Waals surface area contributed by atoms with Gasteiger partial charge in [0.1, 0.15) is 34.0 Å². The van der Waals surface area contributed by atoms with Crippen LogP contribution in [0.15, 0.2) is 23.1 Å². The Hall–Kier alpha value is -3.13. The molecule has 0 bridgehead atoms. The molecule has 33 heavy (non-hydrogen) atoms. The maximum Gasteiger partial charge on any atom is 0.194 e. The van der Waals surface area contributed by atoms with Crippen molar-refractivity contribution >= 4 is 17.3 Å². The van der Waals surface area contributed by atoms with E-state index < -0.39 is 28.5 Å². The molecule has 0 aromatic heterocycles. The summed E-state index contributed by atoms with van der Waals surface area (Å²) in [6, 6.07) is 0. The number of ketones is 3. The Kier molecular flexibility index (Phi) is 6.97. The molecule has 0 spiro atoms. The van der Waals surface area contributed by atoms with E-state index in [1.54, 1.807) is 13.8 Å². The van der Waals surface area contributed by atoms with Crippen LogP contribution in [0.4, 0.5) is 0 Å². The number of fused-ring (bicyclic) bond motifs is 3. The monoisotopic (exact) mass is 456 g/mol. The number of allylic oxidation sites excluding steroid dienone is 4. The number of rotatable bonds is 9. The summed E-state index contributed by atoms with van der Waals surface area (Å²) >= 11 is 0. The summed E-state index contributed by atoms with van der Waals surface area (Å²) in [5, 5.41) is 24.4. The molecule has 1 aliphatic carbocycles. The van der Waals surface area contributed by atoms with Gasteiger partial charge in [-0.25, -0.2) is 0 Å². The van der Waals surface area contributed by atoms with Gasteiger partial charge in [0.25, 0.3) is 0 Å². The van der Waals surface area contributed by atoms with Crippen molar-refractivity contribution in [3.63, 3.8) is 0 Å². The minimum atomic E-state index is -1.49. The highest BCUT2D eigenvalue weighted by Gasteiger charge is 2.56. The molecular formula is C25H32N2O6. The summed E-state index contributed by atoms with van der Waals surface area (Å²) in [7, 11) is 0. The van der Waals surface area contributed by atoms with Crippen molar-refractivity contribution in [3.05, 3.63) is 39.8 Å². The lowest BCUT2D eigenvalue weighted by molar-refractivity contribution is -0.123. The van der Waals surface area contributed by atoms with Crippen molar-refractivity contribution in [2.75, 3.05) is 13.1 Å². The maximum absolute atomic E-state index is 13.7. The van der Waals surface area contributed by atoms with E-state index in [-0.39, 0.29) is 39.5 Å². The summed E-state index contributed by atoms with van der Waals surface area (Å²) in [5.74, 6) is -2.28. The van der Waals surface area contributed by atoms with Gasteiger partial charge < -0.3 is 26.0 Å². The van der Waals surface area contributed by atoms with Crippen LogP contribution in [0.3, 0.4) is 0 Å². The number of aromatic hydroxyl groups is 2. The van der Waals surface area contributed by atoms with Gasteiger partial charge in [0.05, 0.1) is 11.1 Å². The molecule has 3 rings (SSSR count). The molecule has 2 aliphatic rings. The SMILES string of the molecule is CC(=O)c1c(O)c(C)c(O)c2c1OC1=CC(=O)/C(=C(/C)NCCCCCCCN)C(=O)[C@@]12C. The van der Waals surface area contributed by atoms with Gasteiger partial charge in [-0.15, -0.1) is 0 Å². The van der Waals surface area contributed by atoms with E-state index >= 15 is 0 Å². The second-order valence-corrected chi connectivity index (χ2v) is 8.87. The number of hydrogen-bond acceptors (Lipinski definition) is 8. The number of hydrogen-bond donors (Lipinski definition) is 4. The first-order valence-corrected chi connectivity index (χ1v) is 11.3. The zero-order valence-electron chi connectivity index (χ0n) is 19.6. The third-order valence-electron chi connectivity index (χ3n) is 6.53. The van der Waals surface area contributed by atoms with Crippen molar-refractivity contribution in [2.45, 2.75) is 65.2 Å². The lowest BCUT2D eigenvalue weighted by Gasteiger charge is -2.29. The molecule has 8 heteroatoms. The standard InChI is InChI=1S/C25H32N2O6/c1-13-21(30)19(15(3)28)23-20(22(13)31)25(4)17(33-23)12-16(29)18(24(25)32)14(2)27-11-9-7-5-6-8-10-26/h12,27,30-31H,5-11,26H2,1-4H3/b18-14+/t25-/m0/s1. The zero-order valence-corrected chi connectivity index (χ0v) is 19.6. The third-order valence-corrected chi connectivity index (χ3v) is 6.53. The number of nitrogens with two attached hydrogens (primary N) is 1. The summed E-state index contributed by atoms with van der Waals surface area (Å²) in [5.41, 5.74) is 4.52. The van der Waals surface area contributed by atoms with Crippen molar-refractivity contribution < 1.29 is 29.3 Å². The van der Waals surface area contributed by atoms with Gasteiger partial charge in [-0.3, -0.25) is 14.4 Å². The second-order valence-electron chi connectivity index (χ2n) is 8.87. The van der Waals surface area contributed by atoms with Crippen molar-refractivity contribution in [3.8, 4) is 17.2 Å². The molecule has 0 unspecified atom stereocenters. The van der Waals surface area contributed by atoms with Crippen LogP contribution in [-0.2, 0) is 15.0 Å². The van der Waals surface area contributed by atoms with E-state index in [1.165, 1.54) is 19.9 Å². The van der Waals surface area contributed by atoms with Crippen molar-refractivity contribution in [1.82, 2.24) is 5.32 Å². The normalized spacial score (nSPS) is 20.7. The van der Waals surface area contributed by atoms with Crippen LogP contribution in [0.1, 0.15) is 74.4 Å². The predicted octanol–water partition coefficient (Wildman–Crippen LogP) is 3.07. The Labute approximate surface area is 193 Å². The highest BCUT2D eigenvalue weighted by molar-refractivity contribution is 6.31. The number of carbonyl (C=O) groups excluding carboxylic acids is 3. The second kappa shape index (κ2) is 9.39. The van der Waals surface area contributed by atoms with E-state index in [2.05, 4.69) is 5.32 Å². The molecule has 0 amide bonds. The van der Waals surface area contributed by atoms with Gasteiger partial charge in [0, 0.05) is 23.9 Å². The van der Waals surface area contributed by atoms with E-state index in [0.717, 1.165) is 32.1 Å². The molecule has 0 radical (unpaired) electrons. The largest absolute Gasteiger partial charge is 0.507 e. The average Bonchev–Trinajstić information content (AvgIpc) is 3.04. The van der Waals surface area contributed by atoms with Crippen LogP contribution in [0.2, 0.25) is 0 Å². The molecule has 178 valence electrons. The highest BCUT2D eigenvalue weighted by atomic mass is 16.5. The predicted molar refractivity (Wildman–Crippen MR) is 123 cm³/mol. The molecule has 0 saturated heterocycles. The molecule has 5 N–H and O–H groups in total. The van der Waals surface area contributed by atoms with Crippen LogP contribution in [0.5, 0.6) is 17.2 Å². The number of phenolic OH excluding ortho intramolecular Hbond substituents is 2. The fourth-order valence-corrected chi connectivity index (χ4v) is 4.53. The van der Waals surface area contributed by atoms with Gasteiger partial charge in [0.15, 0.2) is 17.3 Å². The molecule has 0 fully saturated rings. The number of carbonyl (C=O) groups is 3. The number of benzene rings is 1. The molecule has 1 aromatic carbocycles. The first-order chi connectivity index (χ1) is 15.6. The molecule has 1 aliphatic heterocycles. The number of nitrogens with one attached hydrogen (secondary N) is 1. The number of unbranched alkanes of at least 4 members (excludes halogenated alkanes) is 4. The van der Waals surface area contributed by atoms with Crippen LogP contribution in [0.25, 0.3) is 0 Å². The Morgan fingerprint density at radius 2 is 1.73 bits per heavy atom. The minimum Gasteiger partial charge on any atom is -0.507 e. The van der Waals surface area contributed by atoms with Gasteiger partial charge >= 0.3 is 0 Å². The first-order valence-electron chi connectivity index (χ1n) is 11.3. The van der Waals surface area contributed by atoms with E-state index in [4.69, 9.17) is 10.5 Å². The molecule has 1 aromatic rings. The lowest BCUT2D eigenvalue weighted by Crippen LogP contribution is -2.41. The topological polar surface area (TPSA) is 139 Å². The fraction of sp³-hybridized carbons (Fsp3) is 0.480. The zero-order chi connectivity index (χ0) is 24.5. The van der Waals surface area contributed by atoms with Crippen LogP contribution >= 0.6 is 0 Å². The van der Waals surface area contributed by atoms with Crippen molar-refractivity contribution in [1.29, 1.82) is 0 Å². The Bertz CT molecular complexity index is 1090. The van der Waals surface area contributed by atoms with Gasteiger partial charge in [-0.05, 0) is 47.1 Å². The number of Topliss-reactive ketones (excluding diaryl/α,β-unsaturated/α-hetero) is 2. The van der Waals surface area contributed by atoms with Gasteiger partial charge in [-0.1, -0.05) is 19.3 Å². The smallest absolute Gasteiger partial charge is 0.194 e. The third kappa shape index (κ3) is 4.04. The Balaban J connectivity index is 1.95. The molecule has 1 heterocycles.